The van der Waals surface area contributed by atoms with E-state index in [0.29, 0.717) is 6.10 Å². The number of fused-ring (bicyclic) bond motifs is 1. The number of benzene rings is 1. The fraction of sp³-hybridized carbons (Fsp3) is 0.273. The van der Waals surface area contributed by atoms with Crippen LogP contribution in [0.1, 0.15) is 5.56 Å². The Labute approximate surface area is 76.5 Å². The van der Waals surface area contributed by atoms with Gasteiger partial charge < -0.3 is 9.72 Å². The molecule has 1 aromatic heterocycles. The van der Waals surface area contributed by atoms with Gasteiger partial charge in [0.1, 0.15) is 0 Å². The summed E-state index contributed by atoms with van der Waals surface area (Å²) in [5.41, 5.74) is 2.59. The molecule has 1 aliphatic rings. The Morgan fingerprint density at radius 3 is 3.08 bits per heavy atom. The molecule has 1 N–H and O–H groups in total. The van der Waals surface area contributed by atoms with Crippen molar-refractivity contribution in [1.82, 2.24) is 4.98 Å². The number of para-hydroxylation sites is 1. The summed E-state index contributed by atoms with van der Waals surface area (Å²) in [5, 5.41) is 1.33. The third kappa shape index (κ3) is 1.23. The van der Waals surface area contributed by atoms with Gasteiger partial charge in [0.05, 0.1) is 12.7 Å². The van der Waals surface area contributed by atoms with Crippen molar-refractivity contribution < 1.29 is 4.74 Å². The minimum atomic E-state index is 0.471. The van der Waals surface area contributed by atoms with Gasteiger partial charge in [0, 0.05) is 23.5 Å². The van der Waals surface area contributed by atoms with E-state index in [1.165, 1.54) is 16.5 Å². The molecule has 0 radical (unpaired) electrons. The molecule has 2 heterocycles. The molecular formula is C11H11NO. The van der Waals surface area contributed by atoms with Crippen molar-refractivity contribution in [1.29, 1.82) is 0 Å². The molecule has 1 fully saturated rings. The Balaban J connectivity index is 2.06. The molecule has 0 aliphatic carbocycles. The summed E-state index contributed by atoms with van der Waals surface area (Å²) in [6, 6.07) is 8.39. The summed E-state index contributed by atoms with van der Waals surface area (Å²) in [7, 11) is 0. The van der Waals surface area contributed by atoms with Gasteiger partial charge in [-0.3, -0.25) is 0 Å². The number of H-pyrrole nitrogens is 1. The van der Waals surface area contributed by atoms with E-state index in [1.807, 2.05) is 0 Å². The molecule has 2 heteroatoms. The predicted molar refractivity (Wildman–Crippen MR) is 51.7 cm³/mol. The lowest BCUT2D eigenvalue weighted by atomic mass is 10.1. The van der Waals surface area contributed by atoms with Crippen LogP contribution >= 0.6 is 0 Å². The van der Waals surface area contributed by atoms with Crippen molar-refractivity contribution in [2.24, 2.45) is 0 Å². The molecule has 1 aromatic carbocycles. The van der Waals surface area contributed by atoms with Crippen LogP contribution < -0.4 is 0 Å². The van der Waals surface area contributed by atoms with Crippen LogP contribution in [0.2, 0.25) is 0 Å². The van der Waals surface area contributed by atoms with Crippen LogP contribution in [-0.4, -0.2) is 17.7 Å². The fourth-order valence-electron chi connectivity index (χ4n) is 1.73. The van der Waals surface area contributed by atoms with Crippen LogP contribution in [0.3, 0.4) is 0 Å². The van der Waals surface area contributed by atoms with E-state index in [2.05, 4.69) is 35.4 Å². The average molecular weight is 173 g/mol. The molecule has 13 heavy (non-hydrogen) atoms. The Hall–Kier alpha value is -1.28. The first-order valence-corrected chi connectivity index (χ1v) is 4.60. The maximum atomic E-state index is 5.22. The smallest absolute Gasteiger partial charge is 0.0850 e. The number of aromatic amines is 1. The highest BCUT2D eigenvalue weighted by atomic mass is 16.6. The SMILES string of the molecule is c1ccc2c(C[C@H]3CO3)c[nH]c2c1. The monoisotopic (exact) mass is 173 g/mol. The van der Waals surface area contributed by atoms with Gasteiger partial charge in [-0.1, -0.05) is 18.2 Å². The van der Waals surface area contributed by atoms with Crippen molar-refractivity contribution in [2.75, 3.05) is 6.61 Å². The lowest BCUT2D eigenvalue weighted by Gasteiger charge is -1.93. The molecule has 1 saturated heterocycles. The topological polar surface area (TPSA) is 28.3 Å². The lowest BCUT2D eigenvalue weighted by molar-refractivity contribution is 0.408. The van der Waals surface area contributed by atoms with E-state index < -0.39 is 0 Å². The number of rotatable bonds is 2. The first-order valence-electron chi connectivity index (χ1n) is 4.60. The maximum absolute atomic E-state index is 5.22. The first kappa shape index (κ1) is 7.15. The van der Waals surface area contributed by atoms with Gasteiger partial charge in [-0.25, -0.2) is 0 Å². The highest BCUT2D eigenvalue weighted by molar-refractivity contribution is 5.83. The second kappa shape index (κ2) is 2.60. The van der Waals surface area contributed by atoms with Crippen LogP contribution in [0.4, 0.5) is 0 Å². The van der Waals surface area contributed by atoms with Gasteiger partial charge in [-0.05, 0) is 11.6 Å². The highest BCUT2D eigenvalue weighted by Gasteiger charge is 2.23. The number of hydrogen-bond acceptors (Lipinski definition) is 1. The molecular weight excluding hydrogens is 162 g/mol. The molecule has 2 aromatic rings. The number of hydrogen-bond donors (Lipinski definition) is 1. The second-order valence-electron chi connectivity index (χ2n) is 3.52. The second-order valence-corrected chi connectivity index (χ2v) is 3.52. The summed E-state index contributed by atoms with van der Waals surface area (Å²) < 4.78 is 5.22. The van der Waals surface area contributed by atoms with Gasteiger partial charge in [0.25, 0.3) is 0 Å². The van der Waals surface area contributed by atoms with Crippen LogP contribution in [0.5, 0.6) is 0 Å². The maximum Gasteiger partial charge on any atom is 0.0850 e. The summed E-state index contributed by atoms with van der Waals surface area (Å²) in [4.78, 5) is 3.27. The number of ether oxygens (including phenoxy) is 1. The molecule has 0 spiro atoms. The largest absolute Gasteiger partial charge is 0.373 e. The minimum Gasteiger partial charge on any atom is -0.373 e. The third-order valence-electron chi connectivity index (χ3n) is 2.52. The van der Waals surface area contributed by atoms with E-state index in [9.17, 15) is 0 Å². The summed E-state index contributed by atoms with van der Waals surface area (Å²) >= 11 is 0. The molecule has 0 amide bonds. The van der Waals surface area contributed by atoms with Crippen molar-refractivity contribution in [3.63, 3.8) is 0 Å². The van der Waals surface area contributed by atoms with E-state index in [-0.39, 0.29) is 0 Å². The van der Waals surface area contributed by atoms with Gasteiger partial charge in [-0.2, -0.15) is 0 Å². The molecule has 0 saturated carbocycles. The zero-order chi connectivity index (χ0) is 8.67. The summed E-state index contributed by atoms with van der Waals surface area (Å²) in [6.45, 7) is 0.930. The molecule has 3 rings (SSSR count). The molecule has 0 bridgehead atoms. The van der Waals surface area contributed by atoms with E-state index in [1.54, 1.807) is 0 Å². The zero-order valence-corrected chi connectivity index (χ0v) is 7.29. The van der Waals surface area contributed by atoms with E-state index in [0.717, 1.165) is 13.0 Å². The Kier molecular flexibility index (Phi) is 1.43. The molecule has 1 atom stereocenters. The molecule has 2 nitrogen and oxygen atoms in total. The minimum absolute atomic E-state index is 0.471. The van der Waals surface area contributed by atoms with Crippen molar-refractivity contribution in [2.45, 2.75) is 12.5 Å². The van der Waals surface area contributed by atoms with Crippen LogP contribution in [0, 0.1) is 0 Å². The highest BCUT2D eigenvalue weighted by Crippen LogP contribution is 2.23. The van der Waals surface area contributed by atoms with E-state index in [4.69, 9.17) is 4.74 Å². The van der Waals surface area contributed by atoms with Gasteiger partial charge in [0.2, 0.25) is 0 Å². The van der Waals surface area contributed by atoms with Gasteiger partial charge in [0.15, 0.2) is 0 Å². The summed E-state index contributed by atoms with van der Waals surface area (Å²) in [5.74, 6) is 0. The van der Waals surface area contributed by atoms with Crippen molar-refractivity contribution in [3.05, 3.63) is 36.0 Å². The van der Waals surface area contributed by atoms with Gasteiger partial charge in [-0.15, -0.1) is 0 Å². The lowest BCUT2D eigenvalue weighted by Crippen LogP contribution is -1.90. The summed E-state index contributed by atoms with van der Waals surface area (Å²) in [6.07, 6.45) is 3.61. The Morgan fingerprint density at radius 2 is 2.23 bits per heavy atom. The number of aromatic nitrogens is 1. The molecule has 1 aliphatic heterocycles. The van der Waals surface area contributed by atoms with E-state index >= 15 is 0 Å². The van der Waals surface area contributed by atoms with Crippen molar-refractivity contribution in [3.8, 4) is 0 Å². The molecule has 0 unspecified atom stereocenters. The number of nitrogens with one attached hydrogen (secondary N) is 1. The zero-order valence-electron chi connectivity index (χ0n) is 7.29. The molecule has 66 valence electrons. The Bertz CT molecular complexity index is 428. The predicted octanol–water partition coefficient (Wildman–Crippen LogP) is 2.11. The normalized spacial score (nSPS) is 20.8. The van der Waals surface area contributed by atoms with Crippen LogP contribution in [0.25, 0.3) is 10.9 Å². The van der Waals surface area contributed by atoms with Crippen molar-refractivity contribution >= 4 is 10.9 Å². The first-order chi connectivity index (χ1) is 6.43. The Morgan fingerprint density at radius 1 is 1.38 bits per heavy atom. The standard InChI is InChI=1S/C11H11NO/c1-2-4-11-10(3-1)8(6-12-11)5-9-7-13-9/h1-4,6,9,12H,5,7H2/t9-/m0/s1. The average Bonchev–Trinajstić information content (AvgIpc) is 2.88. The van der Waals surface area contributed by atoms with Gasteiger partial charge >= 0.3 is 0 Å². The van der Waals surface area contributed by atoms with Crippen LogP contribution in [-0.2, 0) is 11.2 Å². The fourth-order valence-corrected chi connectivity index (χ4v) is 1.73. The quantitative estimate of drug-likeness (QED) is 0.692. The number of epoxide rings is 1. The third-order valence-corrected chi connectivity index (χ3v) is 2.52. The van der Waals surface area contributed by atoms with Crippen LogP contribution in [0.15, 0.2) is 30.5 Å².